The van der Waals surface area contributed by atoms with Crippen LogP contribution < -0.4 is 10.1 Å². The van der Waals surface area contributed by atoms with Gasteiger partial charge in [0.2, 0.25) is 0 Å². The van der Waals surface area contributed by atoms with Crippen molar-refractivity contribution >= 4 is 17.5 Å². The van der Waals surface area contributed by atoms with Gasteiger partial charge in [-0.25, -0.2) is 8.78 Å². The molecule has 0 aliphatic rings. The smallest absolute Gasteiger partial charge is 0.416 e. The highest BCUT2D eigenvalue weighted by Gasteiger charge is 2.30. The van der Waals surface area contributed by atoms with E-state index in [2.05, 4.69) is 10.1 Å². The van der Waals surface area contributed by atoms with Crippen molar-refractivity contribution in [3.05, 3.63) is 82.9 Å². The van der Waals surface area contributed by atoms with Gasteiger partial charge in [-0.1, -0.05) is 30.3 Å². The summed E-state index contributed by atoms with van der Waals surface area (Å²) in [4.78, 5) is 26.7. The summed E-state index contributed by atoms with van der Waals surface area (Å²) in [7, 11) is 3.73. The van der Waals surface area contributed by atoms with Crippen LogP contribution in [0.15, 0.2) is 54.6 Å². The second-order valence-corrected chi connectivity index (χ2v) is 7.40. The van der Waals surface area contributed by atoms with Crippen LogP contribution in [-0.2, 0) is 6.18 Å². The molecule has 0 radical (unpaired) electrons. The zero-order valence-corrected chi connectivity index (χ0v) is 18.3. The molecule has 0 aliphatic carbocycles. The molecular weight excluding hydrogens is 459 g/mol. The summed E-state index contributed by atoms with van der Waals surface area (Å²) in [6.07, 6.45) is -4.52. The number of carbonyl (C=O) groups is 2. The highest BCUT2D eigenvalue weighted by atomic mass is 19.4. The minimum absolute atomic E-state index is 0.0159. The number of halogens is 5. The van der Waals surface area contributed by atoms with Crippen LogP contribution in [0.4, 0.5) is 27.6 Å². The second-order valence-electron chi connectivity index (χ2n) is 7.40. The molecule has 0 heterocycles. The van der Waals surface area contributed by atoms with Crippen molar-refractivity contribution < 1.29 is 36.3 Å². The number of anilines is 1. The third kappa shape index (κ3) is 4.85. The van der Waals surface area contributed by atoms with E-state index in [1.807, 2.05) is 0 Å². The van der Waals surface area contributed by atoms with E-state index in [0.717, 1.165) is 30.2 Å². The number of hydrogen-bond donors (Lipinski definition) is 1. The summed E-state index contributed by atoms with van der Waals surface area (Å²) in [5.74, 6) is -4.88. The summed E-state index contributed by atoms with van der Waals surface area (Å²) in [5, 5.41) is 2.34. The van der Waals surface area contributed by atoms with Gasteiger partial charge in [-0.05, 0) is 29.3 Å². The zero-order valence-electron chi connectivity index (χ0n) is 18.3. The second kappa shape index (κ2) is 9.50. The molecule has 2 amide bonds. The number of hydrogen-bond acceptors (Lipinski definition) is 3. The molecule has 34 heavy (non-hydrogen) atoms. The monoisotopic (exact) mass is 478 g/mol. The van der Waals surface area contributed by atoms with Gasteiger partial charge in [0.15, 0.2) is 17.4 Å². The predicted molar refractivity (Wildman–Crippen MR) is 116 cm³/mol. The summed E-state index contributed by atoms with van der Waals surface area (Å²) >= 11 is 0. The van der Waals surface area contributed by atoms with Crippen molar-refractivity contribution in [1.82, 2.24) is 4.90 Å². The number of nitrogens with zero attached hydrogens (tertiary/aromatic N) is 1. The average molecular weight is 478 g/mol. The standard InChI is InChI=1S/C24H19F5N2O3/c1-31(2)23(33)19-18(12-17(25)21(34-3)20(19)26)30-22(32)16-7-5-4-6-15(16)13-8-10-14(11-9-13)24(27,28)29/h4-12H,1-3H3,(H,30,32). The van der Waals surface area contributed by atoms with E-state index in [0.29, 0.717) is 5.56 Å². The molecule has 5 nitrogen and oxygen atoms in total. The molecule has 0 spiro atoms. The van der Waals surface area contributed by atoms with Gasteiger partial charge in [0.05, 0.1) is 18.4 Å². The molecule has 0 aromatic heterocycles. The van der Waals surface area contributed by atoms with Gasteiger partial charge in [-0.15, -0.1) is 0 Å². The largest absolute Gasteiger partial charge is 0.491 e. The average Bonchev–Trinajstić information content (AvgIpc) is 2.78. The number of carbonyl (C=O) groups excluding carboxylic acids is 2. The number of methoxy groups -OCH3 is 1. The van der Waals surface area contributed by atoms with E-state index in [1.54, 1.807) is 6.07 Å². The Kier molecular flexibility index (Phi) is 6.90. The number of nitrogens with one attached hydrogen (secondary N) is 1. The molecule has 1 N–H and O–H groups in total. The van der Waals surface area contributed by atoms with E-state index in [9.17, 15) is 31.5 Å². The molecule has 3 rings (SSSR count). The highest BCUT2D eigenvalue weighted by Crippen LogP contribution is 2.34. The quantitative estimate of drug-likeness (QED) is 0.485. The Bertz CT molecular complexity index is 1240. The molecule has 178 valence electrons. The van der Waals surface area contributed by atoms with Crippen LogP contribution >= 0.6 is 0 Å². The first kappa shape index (κ1) is 24.7. The van der Waals surface area contributed by atoms with Crippen LogP contribution in [0.1, 0.15) is 26.3 Å². The van der Waals surface area contributed by atoms with E-state index in [-0.39, 0.29) is 11.1 Å². The molecule has 0 fully saturated rings. The Hall–Kier alpha value is -3.95. The van der Waals surface area contributed by atoms with Gasteiger partial charge in [0.25, 0.3) is 11.8 Å². The first-order valence-electron chi connectivity index (χ1n) is 9.81. The lowest BCUT2D eigenvalue weighted by atomic mass is 9.98. The summed E-state index contributed by atoms with van der Waals surface area (Å²) in [5.41, 5.74) is -1.28. The van der Waals surface area contributed by atoms with E-state index < -0.39 is 52.2 Å². The van der Waals surface area contributed by atoms with E-state index in [4.69, 9.17) is 0 Å². The topological polar surface area (TPSA) is 58.6 Å². The zero-order chi connectivity index (χ0) is 25.2. The van der Waals surface area contributed by atoms with Crippen LogP contribution in [0, 0.1) is 11.6 Å². The van der Waals surface area contributed by atoms with Crippen molar-refractivity contribution in [2.45, 2.75) is 6.18 Å². The minimum atomic E-state index is -4.52. The van der Waals surface area contributed by atoms with Gasteiger partial charge in [-0.2, -0.15) is 13.2 Å². The van der Waals surface area contributed by atoms with Crippen molar-refractivity contribution in [3.8, 4) is 16.9 Å². The molecule has 3 aromatic carbocycles. The molecule has 0 bridgehead atoms. The van der Waals surface area contributed by atoms with Gasteiger partial charge in [0, 0.05) is 25.7 Å². The maximum atomic E-state index is 14.9. The maximum Gasteiger partial charge on any atom is 0.416 e. The molecule has 0 unspecified atom stereocenters. The van der Waals surface area contributed by atoms with Gasteiger partial charge >= 0.3 is 6.18 Å². The fraction of sp³-hybridized carbons (Fsp3) is 0.167. The first-order chi connectivity index (χ1) is 16.0. The first-order valence-corrected chi connectivity index (χ1v) is 9.81. The highest BCUT2D eigenvalue weighted by molar-refractivity contribution is 6.12. The Morgan fingerprint density at radius 1 is 0.971 bits per heavy atom. The molecule has 3 aromatic rings. The van der Waals surface area contributed by atoms with Crippen LogP contribution in [-0.4, -0.2) is 37.9 Å². The third-order valence-electron chi connectivity index (χ3n) is 4.94. The summed E-state index contributed by atoms with van der Waals surface area (Å²) in [6, 6.07) is 11.0. The van der Waals surface area contributed by atoms with Crippen LogP contribution in [0.2, 0.25) is 0 Å². The number of alkyl halides is 3. The Balaban J connectivity index is 2.05. The van der Waals surface area contributed by atoms with Gasteiger partial charge < -0.3 is 15.0 Å². The van der Waals surface area contributed by atoms with Crippen LogP contribution in [0.25, 0.3) is 11.1 Å². The van der Waals surface area contributed by atoms with Crippen LogP contribution in [0.3, 0.4) is 0 Å². The fourth-order valence-corrected chi connectivity index (χ4v) is 3.28. The minimum Gasteiger partial charge on any atom is -0.491 e. The number of benzene rings is 3. The Morgan fingerprint density at radius 2 is 1.59 bits per heavy atom. The molecular formula is C24H19F5N2O3. The summed E-state index contributed by atoms with van der Waals surface area (Å²) < 4.78 is 72.6. The van der Waals surface area contributed by atoms with Gasteiger partial charge in [-0.3, -0.25) is 9.59 Å². The number of ether oxygens (including phenoxy) is 1. The lowest BCUT2D eigenvalue weighted by molar-refractivity contribution is -0.137. The molecule has 0 saturated carbocycles. The molecule has 0 saturated heterocycles. The Labute approximate surface area is 191 Å². The third-order valence-corrected chi connectivity index (χ3v) is 4.94. The van der Waals surface area contributed by atoms with Crippen molar-refractivity contribution in [1.29, 1.82) is 0 Å². The van der Waals surface area contributed by atoms with Crippen molar-refractivity contribution in [2.75, 3.05) is 26.5 Å². The van der Waals surface area contributed by atoms with Crippen LogP contribution in [0.5, 0.6) is 5.75 Å². The van der Waals surface area contributed by atoms with E-state index in [1.165, 1.54) is 44.4 Å². The van der Waals surface area contributed by atoms with Gasteiger partial charge in [0.1, 0.15) is 5.56 Å². The van der Waals surface area contributed by atoms with E-state index >= 15 is 0 Å². The SMILES string of the molecule is COc1c(F)cc(NC(=O)c2ccccc2-c2ccc(C(F)(F)F)cc2)c(C(=O)N(C)C)c1F. The molecule has 0 aliphatic heterocycles. The molecule has 0 atom stereocenters. The normalized spacial score (nSPS) is 11.2. The number of rotatable bonds is 5. The van der Waals surface area contributed by atoms with Crippen molar-refractivity contribution in [3.63, 3.8) is 0 Å². The predicted octanol–water partition coefficient (Wildman–Crippen LogP) is 5.61. The fourth-order valence-electron chi connectivity index (χ4n) is 3.28. The number of amides is 2. The lowest BCUT2D eigenvalue weighted by Crippen LogP contribution is -2.26. The maximum absolute atomic E-state index is 14.9. The summed E-state index contributed by atoms with van der Waals surface area (Å²) in [6.45, 7) is 0. The molecule has 10 heteroatoms. The van der Waals surface area contributed by atoms with Crippen molar-refractivity contribution in [2.24, 2.45) is 0 Å². The Morgan fingerprint density at radius 3 is 2.15 bits per heavy atom. The lowest BCUT2D eigenvalue weighted by Gasteiger charge is -2.18.